The molecule has 3 heteroatoms. The minimum atomic E-state index is -0.322. The first-order chi connectivity index (χ1) is 9.22. The van der Waals surface area contributed by atoms with Gasteiger partial charge in [-0.25, -0.2) is 0 Å². The van der Waals surface area contributed by atoms with Gasteiger partial charge in [-0.3, -0.25) is 5.32 Å². The Morgan fingerprint density at radius 1 is 1.16 bits per heavy atom. The summed E-state index contributed by atoms with van der Waals surface area (Å²) < 4.78 is 0. The Hall–Kier alpha value is -1.82. The first-order valence-corrected chi connectivity index (χ1v) is 6.52. The number of aryl methyl sites for hydroxylation is 1. The average Bonchev–Trinajstić information content (AvgIpc) is 2.43. The number of hydrogen-bond acceptors (Lipinski definition) is 2. The summed E-state index contributed by atoms with van der Waals surface area (Å²) in [5.41, 5.74) is 3.12. The van der Waals surface area contributed by atoms with E-state index < -0.39 is 0 Å². The maximum Gasteiger partial charge on any atom is 0.121 e. The minimum absolute atomic E-state index is 0.322. The molecule has 0 aliphatic heterocycles. The molecule has 2 nitrogen and oxygen atoms in total. The molecule has 0 heterocycles. The molecule has 0 aliphatic carbocycles. The first kappa shape index (κ1) is 13.6. The normalized spacial score (nSPS) is 11.8. The van der Waals surface area contributed by atoms with Crippen molar-refractivity contribution >= 4 is 11.6 Å². The Balaban J connectivity index is 2.12. The maximum absolute atomic E-state index is 9.31. The van der Waals surface area contributed by atoms with Gasteiger partial charge in [0, 0.05) is 11.6 Å². The number of benzene rings is 2. The van der Waals surface area contributed by atoms with Crippen LogP contribution in [0.3, 0.4) is 0 Å². The molecule has 1 unspecified atom stereocenters. The number of nitrogens with one attached hydrogen (secondary N) is 1. The molecule has 0 saturated carbocycles. The van der Waals surface area contributed by atoms with E-state index in [2.05, 4.69) is 11.4 Å². The zero-order chi connectivity index (χ0) is 13.7. The Morgan fingerprint density at radius 2 is 1.84 bits per heavy atom. The van der Waals surface area contributed by atoms with Gasteiger partial charge in [-0.2, -0.15) is 5.26 Å². The van der Waals surface area contributed by atoms with Crippen molar-refractivity contribution in [1.82, 2.24) is 5.32 Å². The van der Waals surface area contributed by atoms with Crippen LogP contribution >= 0.6 is 11.6 Å². The maximum atomic E-state index is 9.31. The fourth-order valence-corrected chi connectivity index (χ4v) is 2.19. The summed E-state index contributed by atoms with van der Waals surface area (Å²) in [5.74, 6) is 0. The van der Waals surface area contributed by atoms with Gasteiger partial charge >= 0.3 is 0 Å². The van der Waals surface area contributed by atoms with Crippen LogP contribution in [-0.4, -0.2) is 0 Å². The van der Waals surface area contributed by atoms with Crippen LogP contribution < -0.4 is 5.32 Å². The van der Waals surface area contributed by atoms with Crippen LogP contribution in [0.15, 0.2) is 48.5 Å². The fourth-order valence-electron chi connectivity index (χ4n) is 1.99. The highest BCUT2D eigenvalue weighted by atomic mass is 35.5. The van der Waals surface area contributed by atoms with Crippen LogP contribution in [0.25, 0.3) is 0 Å². The molecule has 2 rings (SSSR count). The zero-order valence-electron chi connectivity index (χ0n) is 10.7. The molecule has 0 aromatic heterocycles. The van der Waals surface area contributed by atoms with E-state index >= 15 is 0 Å². The highest BCUT2D eigenvalue weighted by Gasteiger charge is 2.12. The first-order valence-electron chi connectivity index (χ1n) is 6.14. The largest absolute Gasteiger partial charge is 0.294 e. The predicted octanol–water partition coefficient (Wildman–Crippen LogP) is 4.00. The molecule has 0 fully saturated rings. The molecule has 0 saturated heterocycles. The summed E-state index contributed by atoms with van der Waals surface area (Å²) in [7, 11) is 0. The second-order valence-electron chi connectivity index (χ2n) is 4.39. The lowest BCUT2D eigenvalue weighted by molar-refractivity contribution is 0.628. The Bertz CT molecular complexity index is 602. The number of nitriles is 1. The third-order valence-corrected chi connectivity index (χ3v) is 3.45. The molecule has 1 atom stereocenters. The fraction of sp³-hybridized carbons (Fsp3) is 0.188. The lowest BCUT2D eigenvalue weighted by Crippen LogP contribution is -2.20. The van der Waals surface area contributed by atoms with Crippen LogP contribution in [-0.2, 0) is 6.54 Å². The van der Waals surface area contributed by atoms with Gasteiger partial charge in [0.1, 0.15) is 6.04 Å². The molecule has 19 heavy (non-hydrogen) atoms. The molecule has 1 N–H and O–H groups in total. The number of hydrogen-bond donors (Lipinski definition) is 1. The van der Waals surface area contributed by atoms with E-state index in [9.17, 15) is 5.26 Å². The summed E-state index contributed by atoms with van der Waals surface area (Å²) >= 11 is 6.11. The molecule has 0 bridgehead atoms. The molecule has 2 aromatic carbocycles. The summed E-state index contributed by atoms with van der Waals surface area (Å²) in [4.78, 5) is 0. The van der Waals surface area contributed by atoms with Crippen LogP contribution in [0, 0.1) is 18.3 Å². The van der Waals surface area contributed by atoms with E-state index in [1.54, 1.807) is 0 Å². The minimum Gasteiger partial charge on any atom is -0.294 e. The van der Waals surface area contributed by atoms with E-state index in [0.29, 0.717) is 6.54 Å². The summed E-state index contributed by atoms with van der Waals surface area (Å²) in [6, 6.07) is 17.5. The van der Waals surface area contributed by atoms with Crippen molar-refractivity contribution in [3.63, 3.8) is 0 Å². The molecule has 96 valence electrons. The van der Waals surface area contributed by atoms with Crippen molar-refractivity contribution in [2.45, 2.75) is 19.5 Å². The van der Waals surface area contributed by atoms with Crippen LogP contribution in [0.4, 0.5) is 0 Å². The Morgan fingerprint density at radius 3 is 2.53 bits per heavy atom. The number of rotatable bonds is 4. The van der Waals surface area contributed by atoms with Crippen LogP contribution in [0.2, 0.25) is 5.02 Å². The van der Waals surface area contributed by atoms with Gasteiger partial charge in [0.15, 0.2) is 0 Å². The van der Waals surface area contributed by atoms with E-state index in [4.69, 9.17) is 11.6 Å². The smallest absolute Gasteiger partial charge is 0.121 e. The van der Waals surface area contributed by atoms with Gasteiger partial charge in [-0.15, -0.1) is 0 Å². The van der Waals surface area contributed by atoms with Crippen molar-refractivity contribution in [3.05, 3.63) is 70.2 Å². The highest BCUT2D eigenvalue weighted by Crippen LogP contribution is 2.19. The van der Waals surface area contributed by atoms with Gasteiger partial charge < -0.3 is 0 Å². The number of nitrogens with zero attached hydrogens (tertiary/aromatic N) is 1. The summed E-state index contributed by atoms with van der Waals surface area (Å²) in [6.07, 6.45) is 0. The standard InChI is InChI=1S/C16H15ClN2/c1-12-6-2-4-8-14(12)16(10-18)19-11-13-7-3-5-9-15(13)17/h2-9,16,19H,11H2,1H3. The second kappa shape index (κ2) is 6.38. The number of halogens is 1. The highest BCUT2D eigenvalue weighted by molar-refractivity contribution is 6.31. The molecule has 0 aliphatic rings. The molecule has 0 spiro atoms. The van der Waals surface area contributed by atoms with E-state index in [0.717, 1.165) is 21.7 Å². The Kier molecular flexibility index (Phi) is 4.57. The van der Waals surface area contributed by atoms with Crippen LogP contribution in [0.1, 0.15) is 22.7 Å². The topological polar surface area (TPSA) is 35.8 Å². The third kappa shape index (κ3) is 3.35. The van der Waals surface area contributed by atoms with Crippen molar-refractivity contribution < 1.29 is 0 Å². The van der Waals surface area contributed by atoms with E-state index in [-0.39, 0.29) is 6.04 Å². The predicted molar refractivity (Wildman–Crippen MR) is 77.8 cm³/mol. The zero-order valence-corrected chi connectivity index (χ0v) is 11.5. The SMILES string of the molecule is Cc1ccccc1C(C#N)NCc1ccccc1Cl. The molecule has 0 radical (unpaired) electrons. The lowest BCUT2D eigenvalue weighted by Gasteiger charge is -2.14. The van der Waals surface area contributed by atoms with Crippen molar-refractivity contribution in [1.29, 1.82) is 5.26 Å². The van der Waals surface area contributed by atoms with Gasteiger partial charge in [-0.05, 0) is 29.7 Å². The molecular formula is C16H15ClN2. The summed E-state index contributed by atoms with van der Waals surface area (Å²) in [5, 5.41) is 13.3. The summed E-state index contributed by atoms with van der Waals surface area (Å²) in [6.45, 7) is 2.59. The lowest BCUT2D eigenvalue weighted by atomic mass is 10.0. The van der Waals surface area contributed by atoms with E-state index in [1.807, 2.05) is 55.5 Å². The van der Waals surface area contributed by atoms with Gasteiger partial charge in [0.25, 0.3) is 0 Å². The molecule has 0 amide bonds. The van der Waals surface area contributed by atoms with Gasteiger partial charge in [-0.1, -0.05) is 54.1 Å². The van der Waals surface area contributed by atoms with Gasteiger partial charge in [0.2, 0.25) is 0 Å². The van der Waals surface area contributed by atoms with E-state index in [1.165, 1.54) is 0 Å². The van der Waals surface area contributed by atoms with Crippen molar-refractivity contribution in [2.75, 3.05) is 0 Å². The quantitative estimate of drug-likeness (QED) is 0.911. The average molecular weight is 271 g/mol. The Labute approximate surface area is 118 Å². The monoisotopic (exact) mass is 270 g/mol. The molecule has 2 aromatic rings. The van der Waals surface area contributed by atoms with Crippen molar-refractivity contribution in [3.8, 4) is 6.07 Å². The molecular weight excluding hydrogens is 256 g/mol. The van der Waals surface area contributed by atoms with Gasteiger partial charge in [0.05, 0.1) is 6.07 Å². The third-order valence-electron chi connectivity index (χ3n) is 3.08. The second-order valence-corrected chi connectivity index (χ2v) is 4.80. The van der Waals surface area contributed by atoms with Crippen molar-refractivity contribution in [2.24, 2.45) is 0 Å². The van der Waals surface area contributed by atoms with Crippen LogP contribution in [0.5, 0.6) is 0 Å².